The van der Waals surface area contributed by atoms with E-state index in [1.165, 1.54) is 0 Å². The summed E-state index contributed by atoms with van der Waals surface area (Å²) in [4.78, 5) is 35.5. The van der Waals surface area contributed by atoms with Gasteiger partial charge in [-0.1, -0.05) is 23.8 Å². The van der Waals surface area contributed by atoms with E-state index >= 15 is 0 Å². The number of nitrogens with zero attached hydrogens (tertiary/aromatic N) is 4. The van der Waals surface area contributed by atoms with Crippen LogP contribution in [-0.4, -0.2) is 83.5 Å². The molecule has 1 atom stereocenters. The lowest BCUT2D eigenvalue weighted by atomic mass is 9.89. The average molecular weight is 409 g/mol. The molecule has 3 heterocycles. The molecule has 0 bridgehead atoms. The topological polar surface area (TPSA) is 66.0 Å². The number of likely N-dealkylation sites (N-methyl/N-ethyl adjacent to an activating group) is 2. The van der Waals surface area contributed by atoms with Gasteiger partial charge in [0.15, 0.2) is 0 Å². The summed E-state index contributed by atoms with van der Waals surface area (Å²) in [5.74, 6) is 0.0499. The van der Waals surface area contributed by atoms with Gasteiger partial charge in [-0.2, -0.15) is 0 Å². The van der Waals surface area contributed by atoms with Gasteiger partial charge >= 0.3 is 0 Å². The largest absolute Gasteiger partial charge is 0.368 e. The summed E-state index contributed by atoms with van der Waals surface area (Å²) < 4.78 is 6.15. The van der Waals surface area contributed by atoms with E-state index in [1.54, 1.807) is 18.1 Å². The zero-order valence-corrected chi connectivity index (χ0v) is 17.7. The number of hydrogen-bond donors (Lipinski definition) is 0. The van der Waals surface area contributed by atoms with Crippen LogP contribution < -0.4 is 0 Å². The lowest BCUT2D eigenvalue weighted by molar-refractivity contribution is -0.190. The van der Waals surface area contributed by atoms with E-state index in [9.17, 15) is 9.59 Å². The van der Waals surface area contributed by atoms with Crippen molar-refractivity contribution in [1.29, 1.82) is 0 Å². The number of ether oxygens (including phenoxy) is 1. The highest BCUT2D eigenvalue weighted by molar-refractivity contribution is 5.95. The Labute approximate surface area is 177 Å². The molecule has 1 aromatic heterocycles. The zero-order chi connectivity index (χ0) is 21.3. The molecule has 0 radical (unpaired) electrons. The molecule has 158 valence electrons. The van der Waals surface area contributed by atoms with E-state index in [4.69, 9.17) is 4.74 Å². The van der Waals surface area contributed by atoms with Crippen molar-refractivity contribution >= 4 is 11.8 Å². The van der Waals surface area contributed by atoms with Crippen LogP contribution in [-0.2, 0) is 16.1 Å². The number of benzene rings is 1. The van der Waals surface area contributed by atoms with Gasteiger partial charge in [-0.05, 0) is 38.2 Å². The fraction of sp³-hybridized carbons (Fsp3) is 0.435. The van der Waals surface area contributed by atoms with E-state index < -0.39 is 0 Å². The maximum Gasteiger partial charge on any atom is 0.254 e. The maximum atomic E-state index is 12.9. The van der Waals surface area contributed by atoms with Crippen LogP contribution in [0.25, 0.3) is 0 Å². The van der Waals surface area contributed by atoms with Crippen LogP contribution in [0, 0.1) is 6.92 Å². The first-order valence-electron chi connectivity index (χ1n) is 10.2. The zero-order valence-electron chi connectivity index (χ0n) is 17.7. The third-order valence-corrected chi connectivity index (χ3v) is 5.91. The number of rotatable bonds is 4. The second-order valence-corrected chi connectivity index (χ2v) is 8.47. The average Bonchev–Trinajstić information content (AvgIpc) is 2.71. The number of carbonyl (C=O) groups excluding carboxylic acids is 2. The standard InChI is InChI=1S/C23H28N4O3/c1-17-7-6-8-18(11-17)21(28)27-15-23(16-27)14-26(3)20(13-30-23)22(29)25(2)12-19-9-4-5-10-24-19/h4-11,20H,12-16H2,1-3H3/t20-/m1/s1. The minimum Gasteiger partial charge on any atom is -0.368 e. The highest BCUT2D eigenvalue weighted by atomic mass is 16.5. The van der Waals surface area contributed by atoms with Crippen molar-refractivity contribution in [3.63, 3.8) is 0 Å². The fourth-order valence-electron chi connectivity index (χ4n) is 4.27. The number of likely N-dealkylation sites (tertiary alicyclic amines) is 1. The Bertz CT molecular complexity index is 927. The van der Waals surface area contributed by atoms with E-state index in [1.807, 2.05) is 61.3 Å². The van der Waals surface area contributed by atoms with Gasteiger partial charge in [0.05, 0.1) is 31.9 Å². The summed E-state index contributed by atoms with van der Waals surface area (Å²) in [5.41, 5.74) is 2.25. The molecule has 2 saturated heterocycles. The Morgan fingerprint density at radius 2 is 2.00 bits per heavy atom. The van der Waals surface area contributed by atoms with E-state index in [0.717, 1.165) is 11.3 Å². The minimum absolute atomic E-state index is 0.0185. The van der Waals surface area contributed by atoms with Gasteiger partial charge in [0.25, 0.3) is 5.91 Å². The van der Waals surface area contributed by atoms with Gasteiger partial charge in [0.2, 0.25) is 5.91 Å². The Balaban J connectivity index is 1.32. The summed E-state index contributed by atoms with van der Waals surface area (Å²) in [6, 6.07) is 13.0. The normalized spacial score (nSPS) is 20.6. The Hall–Kier alpha value is -2.77. The quantitative estimate of drug-likeness (QED) is 0.769. The Morgan fingerprint density at radius 1 is 1.20 bits per heavy atom. The van der Waals surface area contributed by atoms with Crippen LogP contribution >= 0.6 is 0 Å². The number of pyridine rings is 1. The number of hydrogen-bond acceptors (Lipinski definition) is 5. The van der Waals surface area contributed by atoms with Gasteiger partial charge in [-0.25, -0.2) is 0 Å². The first kappa shape index (κ1) is 20.5. The predicted octanol–water partition coefficient (Wildman–Crippen LogP) is 1.57. The molecule has 0 saturated carbocycles. The van der Waals surface area contributed by atoms with Crippen molar-refractivity contribution in [3.05, 3.63) is 65.5 Å². The molecule has 2 fully saturated rings. The van der Waals surface area contributed by atoms with Crippen LogP contribution in [0.3, 0.4) is 0 Å². The molecule has 0 N–H and O–H groups in total. The molecular weight excluding hydrogens is 380 g/mol. The number of aromatic nitrogens is 1. The highest BCUT2D eigenvalue weighted by Crippen LogP contribution is 2.32. The van der Waals surface area contributed by atoms with E-state index in [0.29, 0.717) is 38.3 Å². The molecule has 0 aliphatic carbocycles. The van der Waals surface area contributed by atoms with Crippen molar-refractivity contribution in [1.82, 2.24) is 19.7 Å². The SMILES string of the molecule is Cc1cccc(C(=O)N2CC3(C2)CN(C)[C@@H](C(=O)N(C)Cc2ccccn2)CO3)c1. The number of morpholine rings is 1. The Morgan fingerprint density at radius 3 is 2.67 bits per heavy atom. The first-order chi connectivity index (χ1) is 14.4. The van der Waals surface area contributed by atoms with Gasteiger partial charge in [-0.15, -0.1) is 0 Å². The lowest BCUT2D eigenvalue weighted by Gasteiger charge is -2.55. The van der Waals surface area contributed by atoms with Crippen LogP contribution in [0.5, 0.6) is 0 Å². The highest BCUT2D eigenvalue weighted by Gasteiger charge is 2.51. The molecule has 2 aliphatic heterocycles. The summed E-state index contributed by atoms with van der Waals surface area (Å²) >= 11 is 0. The summed E-state index contributed by atoms with van der Waals surface area (Å²) in [5, 5.41) is 0. The van der Waals surface area contributed by atoms with Crippen LogP contribution in [0.15, 0.2) is 48.7 Å². The molecule has 7 heteroatoms. The molecule has 4 rings (SSSR count). The van der Waals surface area contributed by atoms with Crippen LogP contribution in [0.1, 0.15) is 21.6 Å². The second kappa shape index (κ2) is 8.16. The number of aryl methyl sites for hydroxylation is 1. The van der Waals surface area contributed by atoms with Crippen molar-refractivity contribution in [3.8, 4) is 0 Å². The first-order valence-corrected chi connectivity index (χ1v) is 10.2. The van der Waals surface area contributed by atoms with Crippen molar-refractivity contribution < 1.29 is 14.3 Å². The molecule has 7 nitrogen and oxygen atoms in total. The minimum atomic E-state index is -0.384. The van der Waals surface area contributed by atoms with E-state index in [2.05, 4.69) is 9.88 Å². The molecule has 1 spiro atoms. The van der Waals surface area contributed by atoms with Gasteiger partial charge in [-0.3, -0.25) is 19.5 Å². The molecule has 2 aromatic rings. The molecular formula is C23H28N4O3. The lowest BCUT2D eigenvalue weighted by Crippen LogP contribution is -2.73. The van der Waals surface area contributed by atoms with E-state index in [-0.39, 0.29) is 23.5 Å². The summed E-state index contributed by atoms with van der Waals surface area (Å²) in [6.45, 7) is 4.50. The second-order valence-electron chi connectivity index (χ2n) is 8.47. The summed E-state index contributed by atoms with van der Waals surface area (Å²) in [6.07, 6.45) is 1.73. The van der Waals surface area contributed by atoms with Gasteiger partial charge in [0, 0.05) is 25.4 Å². The summed E-state index contributed by atoms with van der Waals surface area (Å²) in [7, 11) is 3.74. The van der Waals surface area contributed by atoms with Crippen molar-refractivity contribution in [2.24, 2.45) is 0 Å². The molecule has 30 heavy (non-hydrogen) atoms. The predicted molar refractivity (Wildman–Crippen MR) is 113 cm³/mol. The van der Waals surface area contributed by atoms with Gasteiger partial charge in [0.1, 0.15) is 11.6 Å². The fourth-order valence-corrected chi connectivity index (χ4v) is 4.27. The van der Waals surface area contributed by atoms with Crippen molar-refractivity contribution in [2.75, 3.05) is 40.3 Å². The number of carbonyl (C=O) groups is 2. The number of amides is 2. The third kappa shape index (κ3) is 4.08. The maximum absolute atomic E-state index is 12.9. The molecule has 2 aliphatic rings. The monoisotopic (exact) mass is 408 g/mol. The van der Waals surface area contributed by atoms with Crippen molar-refractivity contribution in [2.45, 2.75) is 25.1 Å². The molecule has 2 amide bonds. The van der Waals surface area contributed by atoms with Crippen LogP contribution in [0.4, 0.5) is 0 Å². The third-order valence-electron chi connectivity index (χ3n) is 5.91. The smallest absolute Gasteiger partial charge is 0.254 e. The Kier molecular flexibility index (Phi) is 5.58. The molecule has 0 unspecified atom stereocenters. The molecule has 1 aromatic carbocycles. The van der Waals surface area contributed by atoms with Crippen LogP contribution in [0.2, 0.25) is 0 Å². The van der Waals surface area contributed by atoms with Gasteiger partial charge < -0.3 is 14.5 Å².